The fourth-order valence-electron chi connectivity index (χ4n) is 0.803. The first kappa shape index (κ1) is 20.5. The van der Waals surface area contributed by atoms with Gasteiger partial charge in [-0.3, -0.25) is 0 Å². The summed E-state index contributed by atoms with van der Waals surface area (Å²) in [5, 5.41) is 36.3. The van der Waals surface area contributed by atoms with E-state index in [2.05, 4.69) is 3.82 Å². The molecule has 0 bridgehead atoms. The predicted molar refractivity (Wildman–Crippen MR) is 53.6 cm³/mol. The maximum Gasteiger partial charge on any atom is 0 e. The van der Waals surface area contributed by atoms with Gasteiger partial charge in [-0.1, -0.05) is 0 Å². The average Bonchev–Trinajstić information content (AvgIpc) is 2.31. The van der Waals surface area contributed by atoms with Gasteiger partial charge in [-0.25, -0.2) is 0 Å². The first-order valence-electron chi connectivity index (χ1n) is 4.55. The number of hydrogen-bond donors (Lipinski definition) is 4. The molecule has 0 aliphatic heterocycles. The number of carbonyl (C=O) groups excluding carboxylic acids is 2. The van der Waals surface area contributed by atoms with Crippen LogP contribution in [0.1, 0.15) is 6.92 Å². The molecule has 0 aliphatic carbocycles. The molecule has 0 aliphatic rings. The molecule has 1 radical (unpaired) electrons. The van der Waals surface area contributed by atoms with Gasteiger partial charge in [-0.2, -0.15) is 0 Å². The van der Waals surface area contributed by atoms with Crippen LogP contribution in [0.3, 0.4) is 0 Å². The summed E-state index contributed by atoms with van der Waals surface area (Å²) in [4.78, 5) is 21.0. The molecule has 4 N–H and O–H groups in total. The van der Waals surface area contributed by atoms with Crippen molar-refractivity contribution < 1.29 is 60.0 Å². The van der Waals surface area contributed by atoms with E-state index in [0.717, 1.165) is 6.92 Å². The van der Waals surface area contributed by atoms with Crippen LogP contribution in [0.4, 0.5) is 0 Å². The van der Waals surface area contributed by atoms with Crippen LogP contribution in [-0.2, 0) is 39.6 Å². The molecular weight excluding hydrogens is 500 g/mol. The number of aldehydes is 1. The summed E-state index contributed by atoms with van der Waals surface area (Å²) in [7, 11) is 0. The average molecular weight is 514 g/mol. The Kier molecular flexibility index (Phi) is 12.6. The Morgan fingerprint density at radius 3 is 2.28 bits per heavy atom. The molecule has 0 heterocycles. The molecule has 10 heteroatoms. The van der Waals surface area contributed by atoms with Crippen molar-refractivity contribution >= 4 is 27.9 Å². The maximum absolute atomic E-state index is 10.6. The van der Waals surface area contributed by atoms with Gasteiger partial charge in [0, 0.05) is 22.4 Å². The Bertz CT molecular complexity index is 253. The second kappa shape index (κ2) is 11.1. The third-order valence-electron chi connectivity index (χ3n) is 1.70. The van der Waals surface area contributed by atoms with E-state index < -0.39 is 52.6 Å². The van der Waals surface area contributed by atoms with Crippen LogP contribution in [0.25, 0.3) is 0 Å². The minimum absolute atomic E-state index is 0. The summed E-state index contributed by atoms with van der Waals surface area (Å²) < 4.78 is 9.16. The van der Waals surface area contributed by atoms with E-state index in [4.69, 9.17) is 14.0 Å². The minimum atomic E-state index is -1.75. The molecule has 0 aromatic carbocycles. The molecule has 18 heavy (non-hydrogen) atoms. The van der Waals surface area contributed by atoms with E-state index in [1.54, 1.807) is 0 Å². The van der Waals surface area contributed by atoms with Gasteiger partial charge in [-0.05, 0) is 0 Å². The van der Waals surface area contributed by atoms with E-state index in [0.29, 0.717) is 0 Å². The summed E-state index contributed by atoms with van der Waals surface area (Å²) in [6.07, 6.45) is -6.33. The van der Waals surface area contributed by atoms with Crippen molar-refractivity contribution in [1.29, 1.82) is 0 Å². The molecular formula is C8H14AuO8Se. The number of carbonyl (C=O) groups is 2. The van der Waals surface area contributed by atoms with Gasteiger partial charge in [0.25, 0.3) is 0 Å². The van der Waals surface area contributed by atoms with Crippen molar-refractivity contribution in [3.05, 3.63) is 0 Å². The van der Waals surface area contributed by atoms with Gasteiger partial charge in [0.15, 0.2) is 0 Å². The number of aliphatic hydroxyl groups excluding tert-OH is 4. The molecule has 0 fully saturated rings. The fraction of sp³-hybridized carbons (Fsp3) is 0.750. The Balaban J connectivity index is 0. The second-order valence-electron chi connectivity index (χ2n) is 3.07. The van der Waals surface area contributed by atoms with E-state index in [1.165, 1.54) is 0 Å². The Morgan fingerprint density at radius 2 is 1.89 bits per heavy atom. The maximum atomic E-state index is 10.6. The molecule has 0 saturated heterocycles. The zero-order chi connectivity index (χ0) is 13.4. The van der Waals surface area contributed by atoms with Crippen molar-refractivity contribution in [3.8, 4) is 0 Å². The number of aliphatic hydroxyl groups is 4. The van der Waals surface area contributed by atoms with Crippen LogP contribution in [0.5, 0.6) is 0 Å². The van der Waals surface area contributed by atoms with E-state index >= 15 is 0 Å². The Labute approximate surface area is 126 Å². The molecule has 0 saturated carbocycles. The van der Waals surface area contributed by atoms with Crippen LogP contribution in [-0.4, -0.2) is 79.3 Å². The van der Waals surface area contributed by atoms with E-state index in [9.17, 15) is 19.8 Å². The van der Waals surface area contributed by atoms with Crippen molar-refractivity contribution in [3.63, 3.8) is 0 Å². The molecule has 0 unspecified atom stereocenters. The molecule has 111 valence electrons. The standard InChI is InChI=1S/C8H14O8Se.Au/c1-4(11)15-17-16-6(3-10)8(14)7(13)5(12)2-9;/h3,5-9,12-14H,2H2,1H3;/t5-,6-,7-,8-;/m1./s1. The van der Waals surface area contributed by atoms with E-state index in [1.807, 2.05) is 0 Å². The topological polar surface area (TPSA) is 134 Å². The molecule has 4 atom stereocenters. The SMILES string of the molecule is CC(=O)O[Se]O[C@H](C=O)[C@@H](O)[C@H](O)[C@H](O)CO.[Au]. The van der Waals surface area contributed by atoms with Crippen LogP contribution in [0.15, 0.2) is 0 Å². The minimum Gasteiger partial charge on any atom is 0 e. The summed E-state index contributed by atoms with van der Waals surface area (Å²) in [6, 6.07) is 0. The monoisotopic (exact) mass is 515 g/mol. The molecule has 0 spiro atoms. The smallest absolute Gasteiger partial charge is 0 e. The molecule has 0 rings (SSSR count). The van der Waals surface area contributed by atoms with Gasteiger partial charge in [0.1, 0.15) is 0 Å². The van der Waals surface area contributed by atoms with Gasteiger partial charge in [-0.15, -0.1) is 0 Å². The van der Waals surface area contributed by atoms with Crippen LogP contribution >= 0.6 is 0 Å². The van der Waals surface area contributed by atoms with Crippen LogP contribution in [0, 0.1) is 0 Å². The van der Waals surface area contributed by atoms with Gasteiger partial charge in [0.05, 0.1) is 0 Å². The second-order valence-corrected chi connectivity index (χ2v) is 4.11. The number of hydrogen-bond acceptors (Lipinski definition) is 8. The first-order valence-corrected chi connectivity index (χ1v) is 5.94. The van der Waals surface area contributed by atoms with Crippen molar-refractivity contribution in [1.82, 2.24) is 0 Å². The third kappa shape index (κ3) is 7.59. The molecule has 8 nitrogen and oxygen atoms in total. The summed E-state index contributed by atoms with van der Waals surface area (Å²) in [5.41, 5.74) is 0. The zero-order valence-electron chi connectivity index (χ0n) is 9.23. The molecule has 0 amide bonds. The largest absolute Gasteiger partial charge is 0 e. The zero-order valence-corrected chi connectivity index (χ0v) is 13.1. The summed E-state index contributed by atoms with van der Waals surface area (Å²) in [5.74, 6) is -0.611. The Morgan fingerprint density at radius 1 is 1.33 bits per heavy atom. The molecule has 0 aromatic heterocycles. The first-order chi connectivity index (χ1) is 7.93. The summed E-state index contributed by atoms with van der Waals surface area (Å²) >= 11 is -1.12. The predicted octanol–water partition coefficient (Wildman–Crippen LogP) is -3.26. The number of rotatable bonds is 8. The van der Waals surface area contributed by atoms with Crippen molar-refractivity contribution in [2.24, 2.45) is 0 Å². The van der Waals surface area contributed by atoms with Gasteiger partial charge in [0.2, 0.25) is 0 Å². The van der Waals surface area contributed by atoms with Gasteiger partial charge < -0.3 is 0 Å². The van der Waals surface area contributed by atoms with Gasteiger partial charge >= 0.3 is 103 Å². The van der Waals surface area contributed by atoms with Crippen LogP contribution in [0.2, 0.25) is 0 Å². The van der Waals surface area contributed by atoms with Crippen LogP contribution < -0.4 is 0 Å². The fourth-order valence-corrected chi connectivity index (χ4v) is 1.61. The normalized spacial score (nSPS) is 16.9. The Hall–Kier alpha value is 0.200. The quantitative estimate of drug-likeness (QED) is 0.196. The van der Waals surface area contributed by atoms with E-state index in [-0.39, 0.29) is 28.7 Å². The summed E-state index contributed by atoms with van der Waals surface area (Å²) in [6.45, 7) is 0.362. The molecule has 0 aromatic rings. The van der Waals surface area contributed by atoms with Crippen molar-refractivity contribution in [2.75, 3.05) is 6.61 Å². The van der Waals surface area contributed by atoms with Crippen molar-refractivity contribution in [2.45, 2.75) is 31.3 Å². The third-order valence-corrected chi connectivity index (χ3v) is 2.97.